The van der Waals surface area contributed by atoms with E-state index in [2.05, 4.69) is 41.8 Å². The molecule has 15 heavy (non-hydrogen) atoms. The number of rotatable bonds is 3. The summed E-state index contributed by atoms with van der Waals surface area (Å²) in [5.41, 5.74) is 1.08. The number of alkyl halides is 1. The van der Waals surface area contributed by atoms with Crippen molar-refractivity contribution in [2.45, 2.75) is 5.33 Å². The van der Waals surface area contributed by atoms with Gasteiger partial charge in [-0.3, -0.25) is 0 Å². The fourth-order valence-electron chi connectivity index (χ4n) is 1.14. The second-order valence-corrected chi connectivity index (χ2v) is 4.14. The zero-order valence-corrected chi connectivity index (χ0v) is 11.0. The number of hydrogen-bond acceptors (Lipinski definition) is 4. The van der Waals surface area contributed by atoms with E-state index in [1.165, 1.54) is 7.11 Å². The highest BCUT2D eigenvalue weighted by Crippen LogP contribution is 2.30. The van der Waals surface area contributed by atoms with Gasteiger partial charge in [-0.05, 0) is 17.3 Å². The van der Waals surface area contributed by atoms with E-state index in [-0.39, 0.29) is 5.69 Å². The molecule has 0 aliphatic rings. The van der Waals surface area contributed by atoms with Crippen molar-refractivity contribution in [3.8, 4) is 0 Å². The topological polar surface area (TPSA) is 55.7 Å². The first kappa shape index (κ1) is 12.3. The molecular formula is C9H7Br2NO3. The molecule has 0 heterocycles. The lowest BCUT2D eigenvalue weighted by Crippen LogP contribution is -2.05. The number of ether oxygens (including phenoxy) is 1. The molecule has 0 fully saturated rings. The number of carbonyl (C=O) groups excluding carboxylic acids is 1. The minimum Gasteiger partial charge on any atom is -0.465 e. The molecule has 0 N–H and O–H groups in total. The van der Waals surface area contributed by atoms with Crippen LogP contribution in [0.25, 0.3) is 0 Å². The standard InChI is InChI=1S/C9H7Br2NO3/c1-15-9(13)6-2-5(11)3-8(12-14)7(6)4-10/h2-3H,4H2,1H3. The first-order chi connectivity index (χ1) is 7.13. The molecule has 0 aliphatic carbocycles. The maximum Gasteiger partial charge on any atom is 0.338 e. The van der Waals surface area contributed by atoms with Gasteiger partial charge in [-0.2, -0.15) is 0 Å². The average molecular weight is 337 g/mol. The van der Waals surface area contributed by atoms with Gasteiger partial charge in [0.1, 0.15) is 5.69 Å². The van der Waals surface area contributed by atoms with Gasteiger partial charge in [-0.1, -0.05) is 31.9 Å². The van der Waals surface area contributed by atoms with Crippen LogP contribution < -0.4 is 0 Å². The molecule has 0 saturated heterocycles. The molecular weight excluding hydrogens is 330 g/mol. The Morgan fingerprint density at radius 2 is 2.20 bits per heavy atom. The van der Waals surface area contributed by atoms with E-state index >= 15 is 0 Å². The van der Waals surface area contributed by atoms with Crippen molar-refractivity contribution in [3.05, 3.63) is 32.6 Å². The lowest BCUT2D eigenvalue weighted by atomic mass is 10.1. The predicted molar refractivity (Wildman–Crippen MR) is 63.6 cm³/mol. The zero-order chi connectivity index (χ0) is 11.4. The molecule has 80 valence electrons. The van der Waals surface area contributed by atoms with E-state index in [0.29, 0.717) is 20.9 Å². The summed E-state index contributed by atoms with van der Waals surface area (Å²) in [4.78, 5) is 22.0. The number of halogens is 2. The molecule has 0 spiro atoms. The van der Waals surface area contributed by atoms with Gasteiger partial charge in [-0.25, -0.2) is 4.79 Å². The van der Waals surface area contributed by atoms with Crippen molar-refractivity contribution in [2.24, 2.45) is 5.18 Å². The summed E-state index contributed by atoms with van der Waals surface area (Å²) in [6.45, 7) is 0. The van der Waals surface area contributed by atoms with Gasteiger partial charge in [0, 0.05) is 15.4 Å². The largest absolute Gasteiger partial charge is 0.465 e. The van der Waals surface area contributed by atoms with Crippen molar-refractivity contribution < 1.29 is 9.53 Å². The molecule has 0 aromatic heterocycles. The fourth-order valence-corrected chi connectivity index (χ4v) is 2.17. The van der Waals surface area contributed by atoms with E-state index in [1.807, 2.05) is 0 Å². The number of benzene rings is 1. The molecule has 1 rings (SSSR count). The van der Waals surface area contributed by atoms with Crippen LogP contribution in [-0.4, -0.2) is 13.1 Å². The van der Waals surface area contributed by atoms with E-state index in [0.717, 1.165) is 0 Å². The molecule has 0 atom stereocenters. The van der Waals surface area contributed by atoms with Crippen LogP contribution in [0, 0.1) is 4.91 Å². The highest BCUT2D eigenvalue weighted by atomic mass is 79.9. The Labute approximate surface area is 103 Å². The second kappa shape index (κ2) is 5.37. The number of hydrogen-bond donors (Lipinski definition) is 0. The third-order valence-electron chi connectivity index (χ3n) is 1.83. The molecule has 1 aromatic rings. The van der Waals surface area contributed by atoms with Gasteiger partial charge >= 0.3 is 5.97 Å². The predicted octanol–water partition coefficient (Wildman–Crippen LogP) is 3.53. The van der Waals surface area contributed by atoms with E-state index in [9.17, 15) is 9.70 Å². The number of methoxy groups -OCH3 is 1. The Bertz CT molecular complexity index is 407. The average Bonchev–Trinajstić information content (AvgIpc) is 2.26. The minimum absolute atomic E-state index is 0.224. The highest BCUT2D eigenvalue weighted by Gasteiger charge is 2.16. The summed E-state index contributed by atoms with van der Waals surface area (Å²) in [5.74, 6) is -0.490. The molecule has 4 nitrogen and oxygen atoms in total. The van der Waals surface area contributed by atoms with Crippen LogP contribution in [0.5, 0.6) is 0 Å². The summed E-state index contributed by atoms with van der Waals surface area (Å²) in [7, 11) is 1.29. The lowest BCUT2D eigenvalue weighted by molar-refractivity contribution is 0.0600. The molecule has 0 aliphatic heterocycles. The Kier molecular flexibility index (Phi) is 4.41. The monoisotopic (exact) mass is 335 g/mol. The lowest BCUT2D eigenvalue weighted by Gasteiger charge is -2.07. The van der Waals surface area contributed by atoms with Crippen molar-refractivity contribution in [2.75, 3.05) is 7.11 Å². The Hall–Kier alpha value is -0.750. The number of carbonyl (C=O) groups is 1. The van der Waals surface area contributed by atoms with Crippen LogP contribution in [0.4, 0.5) is 5.69 Å². The molecule has 0 saturated carbocycles. The Morgan fingerprint density at radius 3 is 2.67 bits per heavy atom. The Balaban J connectivity index is 3.41. The van der Waals surface area contributed by atoms with Gasteiger partial charge in [-0.15, -0.1) is 4.91 Å². The number of nitroso groups, excluding NO2 is 1. The quantitative estimate of drug-likeness (QED) is 0.482. The summed E-state index contributed by atoms with van der Waals surface area (Å²) in [6.07, 6.45) is 0. The van der Waals surface area contributed by atoms with E-state index in [4.69, 9.17) is 0 Å². The molecule has 0 bridgehead atoms. The van der Waals surface area contributed by atoms with Crippen molar-refractivity contribution >= 4 is 43.5 Å². The third kappa shape index (κ3) is 2.63. The minimum atomic E-state index is -0.490. The fraction of sp³-hybridized carbons (Fsp3) is 0.222. The summed E-state index contributed by atoms with van der Waals surface area (Å²) < 4.78 is 5.22. The molecule has 0 unspecified atom stereocenters. The van der Waals surface area contributed by atoms with Crippen molar-refractivity contribution in [1.29, 1.82) is 0 Å². The van der Waals surface area contributed by atoms with Crippen molar-refractivity contribution in [3.63, 3.8) is 0 Å². The second-order valence-electron chi connectivity index (χ2n) is 2.67. The van der Waals surface area contributed by atoms with Gasteiger partial charge in [0.2, 0.25) is 0 Å². The maximum atomic E-state index is 11.4. The van der Waals surface area contributed by atoms with Crippen molar-refractivity contribution in [1.82, 2.24) is 0 Å². The molecule has 0 radical (unpaired) electrons. The first-order valence-electron chi connectivity index (χ1n) is 3.94. The summed E-state index contributed by atoms with van der Waals surface area (Å²) in [6, 6.07) is 3.15. The first-order valence-corrected chi connectivity index (χ1v) is 5.85. The zero-order valence-electron chi connectivity index (χ0n) is 7.79. The normalized spacial score (nSPS) is 9.80. The van der Waals surface area contributed by atoms with Crippen LogP contribution in [0.1, 0.15) is 15.9 Å². The maximum absolute atomic E-state index is 11.4. The van der Waals surface area contributed by atoms with E-state index < -0.39 is 5.97 Å². The Morgan fingerprint density at radius 1 is 1.53 bits per heavy atom. The molecule has 0 amide bonds. The van der Waals surface area contributed by atoms with Crippen LogP contribution in [0.3, 0.4) is 0 Å². The van der Waals surface area contributed by atoms with Crippen LogP contribution in [0.15, 0.2) is 21.8 Å². The van der Waals surface area contributed by atoms with Crippen LogP contribution >= 0.6 is 31.9 Å². The number of nitrogens with zero attached hydrogens (tertiary/aromatic N) is 1. The molecule has 1 aromatic carbocycles. The smallest absolute Gasteiger partial charge is 0.338 e. The van der Waals surface area contributed by atoms with Gasteiger partial charge in [0.25, 0.3) is 0 Å². The van der Waals surface area contributed by atoms with Gasteiger partial charge < -0.3 is 4.74 Å². The summed E-state index contributed by atoms with van der Waals surface area (Å²) >= 11 is 6.39. The van der Waals surface area contributed by atoms with Gasteiger partial charge in [0.05, 0.1) is 12.7 Å². The highest BCUT2D eigenvalue weighted by molar-refractivity contribution is 9.10. The van der Waals surface area contributed by atoms with E-state index in [1.54, 1.807) is 12.1 Å². The summed E-state index contributed by atoms with van der Waals surface area (Å²) in [5, 5.41) is 3.23. The van der Waals surface area contributed by atoms with Crippen LogP contribution in [0.2, 0.25) is 0 Å². The SMILES string of the molecule is COC(=O)c1cc(Br)cc(N=O)c1CBr. The molecule has 6 heteroatoms. The number of esters is 1. The third-order valence-corrected chi connectivity index (χ3v) is 2.85. The van der Waals surface area contributed by atoms with Gasteiger partial charge in [0.15, 0.2) is 0 Å². The van der Waals surface area contributed by atoms with Crippen LogP contribution in [-0.2, 0) is 10.1 Å².